The summed E-state index contributed by atoms with van der Waals surface area (Å²) in [5, 5.41) is 0. The summed E-state index contributed by atoms with van der Waals surface area (Å²) in [6, 6.07) is 0. The van der Waals surface area contributed by atoms with Gasteiger partial charge < -0.3 is 9.47 Å². The van der Waals surface area contributed by atoms with Gasteiger partial charge in [-0.2, -0.15) is 0 Å². The Labute approximate surface area is 117 Å². The molecule has 0 amide bonds. The molecule has 0 saturated carbocycles. The minimum Gasteiger partial charge on any atom is -0.497 e. The van der Waals surface area contributed by atoms with Crippen molar-refractivity contribution < 1.29 is 9.47 Å². The summed E-state index contributed by atoms with van der Waals surface area (Å²) in [5.74, 6) is 0.770. The Bertz CT molecular complexity index is 343. The quantitative estimate of drug-likeness (QED) is 0.470. The van der Waals surface area contributed by atoms with E-state index in [9.17, 15) is 0 Å². The molecule has 0 saturated heterocycles. The maximum absolute atomic E-state index is 5.49. The van der Waals surface area contributed by atoms with Crippen LogP contribution in [0.3, 0.4) is 0 Å². The van der Waals surface area contributed by atoms with Crippen molar-refractivity contribution in [1.82, 2.24) is 4.90 Å². The van der Waals surface area contributed by atoms with Crippen molar-refractivity contribution in [3.8, 4) is 0 Å². The van der Waals surface area contributed by atoms with E-state index in [2.05, 4.69) is 38.5 Å². The number of nitrogens with zero attached hydrogens (tertiary/aromatic N) is 1. The topological polar surface area (TPSA) is 21.7 Å². The van der Waals surface area contributed by atoms with Crippen molar-refractivity contribution in [2.45, 2.75) is 26.9 Å². The van der Waals surface area contributed by atoms with Crippen molar-refractivity contribution >= 4 is 0 Å². The summed E-state index contributed by atoms with van der Waals surface area (Å²) < 4.78 is 10.6. The molecule has 3 nitrogen and oxygen atoms in total. The second-order valence-electron chi connectivity index (χ2n) is 4.60. The fourth-order valence-corrected chi connectivity index (χ4v) is 1.68. The highest BCUT2D eigenvalue weighted by atomic mass is 16.5. The maximum atomic E-state index is 5.49. The first kappa shape index (κ1) is 17.5. The van der Waals surface area contributed by atoms with Crippen LogP contribution in [0.1, 0.15) is 20.8 Å². The second kappa shape index (κ2) is 10.4. The highest BCUT2D eigenvalue weighted by Gasteiger charge is 2.05. The summed E-state index contributed by atoms with van der Waals surface area (Å²) in [5.41, 5.74) is 1.26. The van der Waals surface area contributed by atoms with Crippen LogP contribution in [0.5, 0.6) is 0 Å². The van der Waals surface area contributed by atoms with Gasteiger partial charge in [-0.25, -0.2) is 0 Å². The fourth-order valence-electron chi connectivity index (χ4n) is 1.68. The van der Waals surface area contributed by atoms with Gasteiger partial charge in [-0.05, 0) is 40.0 Å². The molecule has 0 aliphatic rings. The van der Waals surface area contributed by atoms with Crippen LogP contribution in [-0.4, -0.2) is 38.3 Å². The summed E-state index contributed by atoms with van der Waals surface area (Å²) >= 11 is 0. The van der Waals surface area contributed by atoms with E-state index < -0.39 is 0 Å². The zero-order chi connectivity index (χ0) is 14.7. The first-order valence-electron chi connectivity index (χ1n) is 6.52. The Balaban J connectivity index is 4.24. The Morgan fingerprint density at radius 3 is 2.58 bits per heavy atom. The monoisotopic (exact) mass is 265 g/mol. The standard InChI is InChI=1S/C16H27NO2/c1-7-11-19-15(4)13-17(5)12-14(3)9-10-16(8-2)18-6/h7-11,15H,2,12-13H2,1,3-6H3/b11-7-,14-9+,16-10+. The molecular formula is C16H27NO2. The number of hydrogen-bond acceptors (Lipinski definition) is 3. The Morgan fingerprint density at radius 1 is 1.37 bits per heavy atom. The molecule has 0 spiro atoms. The Morgan fingerprint density at radius 2 is 2.05 bits per heavy atom. The molecule has 1 atom stereocenters. The number of likely N-dealkylation sites (N-methyl/N-ethyl adjacent to an activating group) is 1. The molecule has 0 heterocycles. The molecule has 0 aromatic carbocycles. The molecule has 0 rings (SSSR count). The van der Waals surface area contributed by atoms with Gasteiger partial charge in [0.15, 0.2) is 0 Å². The van der Waals surface area contributed by atoms with Crippen LogP contribution in [0.25, 0.3) is 0 Å². The highest BCUT2D eigenvalue weighted by Crippen LogP contribution is 2.03. The van der Waals surface area contributed by atoms with Crippen LogP contribution < -0.4 is 0 Å². The minimum absolute atomic E-state index is 0.187. The molecular weight excluding hydrogens is 238 g/mol. The third kappa shape index (κ3) is 9.14. The van der Waals surface area contributed by atoms with E-state index in [0.717, 1.165) is 18.8 Å². The fraction of sp³-hybridized carbons (Fsp3) is 0.500. The summed E-state index contributed by atoms with van der Waals surface area (Å²) in [6.45, 7) is 11.6. The zero-order valence-corrected chi connectivity index (χ0v) is 12.8. The predicted molar refractivity (Wildman–Crippen MR) is 81.9 cm³/mol. The average Bonchev–Trinajstić information content (AvgIpc) is 2.37. The molecule has 0 aliphatic carbocycles. The highest BCUT2D eigenvalue weighted by molar-refractivity contribution is 5.20. The summed E-state index contributed by atoms with van der Waals surface area (Å²) in [7, 11) is 3.73. The van der Waals surface area contributed by atoms with Gasteiger partial charge in [-0.3, -0.25) is 4.90 Å². The van der Waals surface area contributed by atoms with Crippen LogP contribution in [0.15, 0.2) is 48.5 Å². The molecule has 0 aliphatic heterocycles. The lowest BCUT2D eigenvalue weighted by molar-refractivity contribution is 0.122. The summed E-state index contributed by atoms with van der Waals surface area (Å²) in [4.78, 5) is 2.23. The van der Waals surface area contributed by atoms with Crippen molar-refractivity contribution in [3.63, 3.8) is 0 Å². The first-order chi connectivity index (χ1) is 9.03. The third-order valence-electron chi connectivity index (χ3n) is 2.50. The van der Waals surface area contributed by atoms with Crippen molar-refractivity contribution in [1.29, 1.82) is 0 Å². The van der Waals surface area contributed by atoms with Crippen molar-refractivity contribution in [2.75, 3.05) is 27.2 Å². The van der Waals surface area contributed by atoms with Crippen LogP contribution in [0.2, 0.25) is 0 Å². The van der Waals surface area contributed by atoms with Crippen LogP contribution >= 0.6 is 0 Å². The molecule has 0 N–H and O–H groups in total. The van der Waals surface area contributed by atoms with E-state index in [1.165, 1.54) is 5.57 Å². The lowest BCUT2D eigenvalue weighted by atomic mass is 10.2. The summed E-state index contributed by atoms with van der Waals surface area (Å²) in [6.07, 6.45) is 9.49. The molecule has 108 valence electrons. The lowest BCUT2D eigenvalue weighted by Crippen LogP contribution is -2.29. The number of hydrogen-bond donors (Lipinski definition) is 0. The van der Waals surface area contributed by atoms with E-state index in [1.807, 2.05) is 19.1 Å². The van der Waals surface area contributed by atoms with Gasteiger partial charge in [0.25, 0.3) is 0 Å². The number of methoxy groups -OCH3 is 1. The van der Waals surface area contributed by atoms with Gasteiger partial charge in [-0.1, -0.05) is 24.3 Å². The Kier molecular flexibility index (Phi) is 9.63. The predicted octanol–water partition coefficient (Wildman–Crippen LogP) is 3.52. The van der Waals surface area contributed by atoms with E-state index >= 15 is 0 Å². The molecule has 0 aromatic heterocycles. The van der Waals surface area contributed by atoms with Gasteiger partial charge in [-0.15, -0.1) is 0 Å². The number of rotatable bonds is 9. The van der Waals surface area contributed by atoms with E-state index in [1.54, 1.807) is 19.4 Å². The van der Waals surface area contributed by atoms with Gasteiger partial charge in [0.1, 0.15) is 11.9 Å². The van der Waals surface area contributed by atoms with Gasteiger partial charge in [0, 0.05) is 13.1 Å². The molecule has 1 unspecified atom stereocenters. The van der Waals surface area contributed by atoms with Gasteiger partial charge in [0.05, 0.1) is 13.4 Å². The lowest BCUT2D eigenvalue weighted by Gasteiger charge is -2.21. The molecule has 0 aromatic rings. The van der Waals surface area contributed by atoms with E-state index in [0.29, 0.717) is 0 Å². The van der Waals surface area contributed by atoms with Crippen LogP contribution in [0, 0.1) is 0 Å². The average molecular weight is 265 g/mol. The number of ether oxygens (including phenoxy) is 2. The van der Waals surface area contributed by atoms with Gasteiger partial charge >= 0.3 is 0 Å². The van der Waals surface area contributed by atoms with Crippen molar-refractivity contribution in [2.24, 2.45) is 0 Å². The van der Waals surface area contributed by atoms with E-state index in [-0.39, 0.29) is 6.10 Å². The zero-order valence-electron chi connectivity index (χ0n) is 12.8. The smallest absolute Gasteiger partial charge is 0.118 e. The molecule has 0 radical (unpaired) electrons. The molecule has 19 heavy (non-hydrogen) atoms. The molecule has 3 heteroatoms. The first-order valence-corrected chi connectivity index (χ1v) is 6.52. The third-order valence-corrected chi connectivity index (χ3v) is 2.50. The number of allylic oxidation sites excluding steroid dienone is 4. The van der Waals surface area contributed by atoms with E-state index in [4.69, 9.17) is 9.47 Å². The van der Waals surface area contributed by atoms with Crippen molar-refractivity contribution in [3.05, 3.63) is 48.5 Å². The Hall–Kier alpha value is -1.48. The van der Waals surface area contributed by atoms with Gasteiger partial charge in [0.2, 0.25) is 0 Å². The normalized spacial score (nSPS) is 14.8. The maximum Gasteiger partial charge on any atom is 0.118 e. The van der Waals surface area contributed by atoms with Crippen LogP contribution in [-0.2, 0) is 9.47 Å². The van der Waals surface area contributed by atoms with Crippen LogP contribution in [0.4, 0.5) is 0 Å². The molecule has 0 bridgehead atoms. The molecule has 0 fully saturated rings. The SMILES string of the molecule is C=C/C(=C\C=C(/C)CN(C)CC(C)O/C=C\C)OC. The minimum atomic E-state index is 0.187. The largest absolute Gasteiger partial charge is 0.497 e. The second-order valence-corrected chi connectivity index (χ2v) is 4.60.